The van der Waals surface area contributed by atoms with E-state index in [2.05, 4.69) is 0 Å². The smallest absolute Gasteiger partial charge is 0.411 e. The molecule has 0 bridgehead atoms. The Kier molecular flexibility index (Phi) is 10.2. The van der Waals surface area contributed by atoms with Crippen LogP contribution >= 0.6 is 0 Å². The van der Waals surface area contributed by atoms with Gasteiger partial charge in [0.2, 0.25) is 6.29 Å². The fourth-order valence-electron chi connectivity index (χ4n) is 2.32. The Morgan fingerprint density at radius 3 is 2.50 bits per heavy atom. The Hall–Kier alpha value is -1.92. The van der Waals surface area contributed by atoms with E-state index in [0.29, 0.717) is 19.6 Å². The molecule has 0 aromatic rings. The van der Waals surface area contributed by atoms with Gasteiger partial charge in [-0.3, -0.25) is 0 Å². The second-order valence-electron chi connectivity index (χ2n) is 6.25. The van der Waals surface area contributed by atoms with Gasteiger partial charge in [0.05, 0.1) is 12.9 Å². The summed E-state index contributed by atoms with van der Waals surface area (Å²) >= 11 is 0. The number of aliphatic hydroxyl groups excluding tert-OH is 3. The van der Waals surface area contributed by atoms with Crippen molar-refractivity contribution in [3.05, 3.63) is 12.3 Å². The number of carbonyl (C=O) groups excluding carboxylic acids is 1. The van der Waals surface area contributed by atoms with Crippen molar-refractivity contribution in [1.82, 2.24) is 4.90 Å². The van der Waals surface area contributed by atoms with E-state index in [0.717, 1.165) is 6.42 Å². The zero-order valence-electron chi connectivity index (χ0n) is 16.1. The summed E-state index contributed by atoms with van der Waals surface area (Å²) < 4.78 is 20.4. The van der Waals surface area contributed by atoms with Gasteiger partial charge in [-0.15, -0.1) is 0 Å². The van der Waals surface area contributed by atoms with Crippen LogP contribution in [0, 0.1) is 0 Å². The SMILES string of the molecule is CC/C=C/OCCCN(C)C(=O)OC(C)O[C@@H]1O[C@H](C(=O)O)C(O)[C@H](O)C1O. The van der Waals surface area contributed by atoms with Gasteiger partial charge in [-0.05, 0) is 19.8 Å². The third-order valence-electron chi connectivity index (χ3n) is 3.90. The molecule has 0 aromatic carbocycles. The van der Waals surface area contributed by atoms with Crippen LogP contribution in [-0.2, 0) is 23.7 Å². The summed E-state index contributed by atoms with van der Waals surface area (Å²) in [5.41, 5.74) is 0. The first-order chi connectivity index (χ1) is 13.2. The van der Waals surface area contributed by atoms with Crippen LogP contribution in [0.2, 0.25) is 0 Å². The number of hydrogen-bond donors (Lipinski definition) is 4. The van der Waals surface area contributed by atoms with Gasteiger partial charge in [0, 0.05) is 13.6 Å². The number of amides is 1. The molecule has 162 valence electrons. The fourth-order valence-corrected chi connectivity index (χ4v) is 2.32. The van der Waals surface area contributed by atoms with Crippen LogP contribution in [0.1, 0.15) is 26.7 Å². The van der Waals surface area contributed by atoms with Crippen LogP contribution < -0.4 is 0 Å². The molecule has 0 spiro atoms. The number of aliphatic carboxylic acids is 1. The van der Waals surface area contributed by atoms with E-state index in [-0.39, 0.29) is 0 Å². The van der Waals surface area contributed by atoms with E-state index in [1.54, 1.807) is 6.26 Å². The standard InChI is InChI=1S/C17H29NO10/c1-4-5-8-25-9-6-7-18(3)17(24)27-10(2)26-16-13(21)11(19)12(20)14(28-16)15(22)23/h5,8,10-14,16,19-21H,4,6-7,9H2,1-3H3,(H,22,23)/b8-5+/t10?,11-,12?,13?,14-,16+/m0/s1. The lowest BCUT2D eigenvalue weighted by Gasteiger charge is -2.39. The predicted octanol–water partition coefficient (Wildman–Crippen LogP) is -0.360. The minimum Gasteiger partial charge on any atom is -0.501 e. The molecular weight excluding hydrogens is 378 g/mol. The zero-order valence-corrected chi connectivity index (χ0v) is 16.1. The van der Waals surface area contributed by atoms with E-state index in [1.807, 2.05) is 13.0 Å². The summed E-state index contributed by atoms with van der Waals surface area (Å²) in [6.45, 7) is 4.11. The van der Waals surface area contributed by atoms with Gasteiger partial charge in [0.1, 0.15) is 18.3 Å². The van der Waals surface area contributed by atoms with Gasteiger partial charge in [0.25, 0.3) is 0 Å². The summed E-state index contributed by atoms with van der Waals surface area (Å²) in [7, 11) is 1.52. The van der Waals surface area contributed by atoms with E-state index in [9.17, 15) is 24.9 Å². The Labute approximate surface area is 163 Å². The van der Waals surface area contributed by atoms with Crippen molar-refractivity contribution in [3.8, 4) is 0 Å². The molecule has 11 nitrogen and oxygen atoms in total. The van der Waals surface area contributed by atoms with Crippen molar-refractivity contribution in [3.63, 3.8) is 0 Å². The molecule has 1 aliphatic rings. The quantitative estimate of drug-likeness (QED) is 0.214. The zero-order chi connectivity index (χ0) is 21.3. The average molecular weight is 407 g/mol. The first-order valence-electron chi connectivity index (χ1n) is 8.95. The molecule has 1 heterocycles. The number of allylic oxidation sites excluding steroid dienone is 1. The number of carboxylic acids is 1. The monoisotopic (exact) mass is 407 g/mol. The minimum absolute atomic E-state index is 0.361. The molecule has 6 atom stereocenters. The summed E-state index contributed by atoms with van der Waals surface area (Å²) in [6.07, 6.45) is -5.77. The Morgan fingerprint density at radius 1 is 1.21 bits per heavy atom. The number of ether oxygens (including phenoxy) is 4. The maximum Gasteiger partial charge on any atom is 0.411 e. The molecule has 4 N–H and O–H groups in total. The number of carbonyl (C=O) groups is 2. The van der Waals surface area contributed by atoms with Gasteiger partial charge in [-0.25, -0.2) is 9.59 Å². The van der Waals surface area contributed by atoms with Crippen LogP contribution in [0.25, 0.3) is 0 Å². The number of aliphatic hydroxyl groups is 3. The molecule has 28 heavy (non-hydrogen) atoms. The second-order valence-corrected chi connectivity index (χ2v) is 6.25. The van der Waals surface area contributed by atoms with Gasteiger partial charge in [0.15, 0.2) is 12.4 Å². The first kappa shape index (κ1) is 24.1. The van der Waals surface area contributed by atoms with Crippen LogP contribution in [0.4, 0.5) is 4.79 Å². The second kappa shape index (κ2) is 11.8. The highest BCUT2D eigenvalue weighted by molar-refractivity contribution is 5.73. The normalized spacial score (nSPS) is 28.7. The summed E-state index contributed by atoms with van der Waals surface area (Å²) in [6, 6.07) is 0. The highest BCUT2D eigenvalue weighted by Crippen LogP contribution is 2.23. The van der Waals surface area contributed by atoms with Gasteiger partial charge < -0.3 is 44.3 Å². The first-order valence-corrected chi connectivity index (χ1v) is 8.95. The molecule has 1 rings (SSSR count). The van der Waals surface area contributed by atoms with Crippen LogP contribution in [0.15, 0.2) is 12.3 Å². The Balaban J connectivity index is 2.44. The maximum atomic E-state index is 12.0. The molecule has 0 aliphatic carbocycles. The summed E-state index contributed by atoms with van der Waals surface area (Å²) in [4.78, 5) is 24.4. The fraction of sp³-hybridized carbons (Fsp3) is 0.765. The lowest BCUT2D eigenvalue weighted by Crippen LogP contribution is -2.60. The molecule has 1 aliphatic heterocycles. The Bertz CT molecular complexity index is 528. The molecular formula is C17H29NO10. The molecule has 1 saturated heterocycles. The molecule has 0 saturated carbocycles. The van der Waals surface area contributed by atoms with Gasteiger partial charge >= 0.3 is 12.1 Å². The summed E-state index contributed by atoms with van der Waals surface area (Å²) in [5, 5.41) is 38.2. The summed E-state index contributed by atoms with van der Waals surface area (Å²) in [5.74, 6) is -1.53. The number of carboxylic acid groups (broad SMARTS) is 1. The Morgan fingerprint density at radius 2 is 1.89 bits per heavy atom. The van der Waals surface area contributed by atoms with Crippen LogP contribution in [-0.4, -0.2) is 94.6 Å². The lowest BCUT2D eigenvalue weighted by atomic mass is 9.99. The number of hydrogen-bond acceptors (Lipinski definition) is 9. The maximum absolute atomic E-state index is 12.0. The molecule has 0 radical (unpaired) electrons. The van der Waals surface area contributed by atoms with Crippen molar-refractivity contribution in [2.45, 2.75) is 63.7 Å². The van der Waals surface area contributed by atoms with Crippen molar-refractivity contribution in [2.75, 3.05) is 20.2 Å². The highest BCUT2D eigenvalue weighted by Gasteiger charge is 2.48. The van der Waals surface area contributed by atoms with Crippen molar-refractivity contribution in [1.29, 1.82) is 0 Å². The van der Waals surface area contributed by atoms with Gasteiger partial charge in [-0.1, -0.05) is 13.0 Å². The highest BCUT2D eigenvalue weighted by atomic mass is 16.8. The third kappa shape index (κ3) is 7.24. The number of rotatable bonds is 10. The third-order valence-corrected chi connectivity index (χ3v) is 3.90. The van der Waals surface area contributed by atoms with Crippen molar-refractivity contribution < 1.29 is 49.0 Å². The molecule has 0 aromatic heterocycles. The van der Waals surface area contributed by atoms with Gasteiger partial charge in [-0.2, -0.15) is 0 Å². The number of nitrogens with zero attached hydrogens (tertiary/aromatic N) is 1. The van der Waals surface area contributed by atoms with Crippen LogP contribution in [0.3, 0.4) is 0 Å². The minimum atomic E-state index is -1.83. The van der Waals surface area contributed by atoms with Crippen LogP contribution in [0.5, 0.6) is 0 Å². The average Bonchev–Trinajstić information content (AvgIpc) is 2.64. The largest absolute Gasteiger partial charge is 0.501 e. The molecule has 11 heteroatoms. The lowest BCUT2D eigenvalue weighted by molar-refractivity contribution is -0.322. The van der Waals surface area contributed by atoms with Crippen molar-refractivity contribution in [2.24, 2.45) is 0 Å². The van der Waals surface area contributed by atoms with Crippen molar-refractivity contribution >= 4 is 12.1 Å². The van der Waals surface area contributed by atoms with E-state index in [4.69, 9.17) is 24.1 Å². The molecule has 1 fully saturated rings. The van der Waals surface area contributed by atoms with E-state index >= 15 is 0 Å². The topological polar surface area (TPSA) is 155 Å². The van der Waals surface area contributed by atoms with E-state index < -0.39 is 49.1 Å². The van der Waals surface area contributed by atoms with E-state index in [1.165, 1.54) is 18.9 Å². The molecule has 3 unspecified atom stereocenters. The molecule has 1 amide bonds. The predicted molar refractivity (Wildman–Crippen MR) is 94.0 cm³/mol.